The molecule has 1 aromatic carbocycles. The van der Waals surface area contributed by atoms with Crippen LogP contribution in [0.1, 0.15) is 11.1 Å². The lowest BCUT2D eigenvalue weighted by molar-refractivity contribution is -0.137. The summed E-state index contributed by atoms with van der Waals surface area (Å²) in [5.74, 6) is 0. The molecular weight excluding hydrogens is 319 g/mol. The van der Waals surface area contributed by atoms with Crippen molar-refractivity contribution in [3.63, 3.8) is 0 Å². The molecule has 2 aromatic rings. The van der Waals surface area contributed by atoms with Crippen LogP contribution < -0.4 is 0 Å². The maximum atomic E-state index is 12.4. The normalized spacial score (nSPS) is 14.8. The van der Waals surface area contributed by atoms with Gasteiger partial charge in [-0.3, -0.25) is 4.21 Å². The molecular formula is C13H14F3N3O2S. The van der Waals surface area contributed by atoms with Gasteiger partial charge in [0.05, 0.1) is 29.0 Å². The summed E-state index contributed by atoms with van der Waals surface area (Å²) in [5, 5.41) is 14.0. The van der Waals surface area contributed by atoms with E-state index in [2.05, 4.69) is 10.1 Å². The number of aliphatic hydroxyl groups is 1. The monoisotopic (exact) mass is 333 g/mol. The van der Waals surface area contributed by atoms with Crippen LogP contribution in [0.15, 0.2) is 35.7 Å². The van der Waals surface area contributed by atoms with Gasteiger partial charge in [-0.05, 0) is 17.7 Å². The van der Waals surface area contributed by atoms with Gasteiger partial charge in [0.25, 0.3) is 0 Å². The molecule has 9 heteroatoms. The smallest absolute Gasteiger partial charge is 0.391 e. The van der Waals surface area contributed by atoms with Crippen LogP contribution in [-0.2, 0) is 29.9 Å². The van der Waals surface area contributed by atoms with Gasteiger partial charge in [0.1, 0.15) is 6.33 Å². The van der Waals surface area contributed by atoms with Crippen LogP contribution in [-0.4, -0.2) is 36.4 Å². The Morgan fingerprint density at radius 1 is 1.32 bits per heavy atom. The van der Waals surface area contributed by atoms with Crippen molar-refractivity contribution in [2.75, 3.05) is 6.26 Å². The van der Waals surface area contributed by atoms with Gasteiger partial charge in [0.2, 0.25) is 5.16 Å². The SMILES string of the molecule is C[S@@](=O)c1ncn(C[C@H](O)Cc2ccc(C(F)(F)F)cc2)n1. The van der Waals surface area contributed by atoms with Gasteiger partial charge < -0.3 is 5.11 Å². The summed E-state index contributed by atoms with van der Waals surface area (Å²) in [6, 6.07) is 4.63. The van der Waals surface area contributed by atoms with Gasteiger partial charge in [0.15, 0.2) is 0 Å². The third-order valence-electron chi connectivity index (χ3n) is 2.92. The Balaban J connectivity index is 1.96. The molecule has 0 fully saturated rings. The van der Waals surface area contributed by atoms with E-state index in [0.29, 0.717) is 5.56 Å². The molecule has 0 saturated carbocycles. The molecule has 0 aliphatic carbocycles. The van der Waals surface area contributed by atoms with Crippen molar-refractivity contribution in [2.24, 2.45) is 0 Å². The number of halogens is 3. The Labute approximate surface area is 127 Å². The van der Waals surface area contributed by atoms with Crippen LogP contribution >= 0.6 is 0 Å². The highest BCUT2D eigenvalue weighted by Crippen LogP contribution is 2.29. The van der Waals surface area contributed by atoms with Gasteiger partial charge in [-0.15, -0.1) is 5.10 Å². The summed E-state index contributed by atoms with van der Waals surface area (Å²) in [7, 11) is -1.30. The van der Waals surface area contributed by atoms with E-state index in [1.165, 1.54) is 29.4 Å². The molecule has 0 aliphatic rings. The van der Waals surface area contributed by atoms with E-state index in [0.717, 1.165) is 12.1 Å². The van der Waals surface area contributed by atoms with Gasteiger partial charge in [-0.25, -0.2) is 9.67 Å². The molecule has 0 bridgehead atoms. The predicted molar refractivity (Wildman–Crippen MR) is 73.5 cm³/mol. The van der Waals surface area contributed by atoms with E-state index in [1.807, 2.05) is 0 Å². The predicted octanol–water partition coefficient (Wildman–Crippen LogP) is 1.64. The average Bonchev–Trinajstić information content (AvgIpc) is 2.86. The van der Waals surface area contributed by atoms with Gasteiger partial charge in [0, 0.05) is 12.7 Å². The fraction of sp³-hybridized carbons (Fsp3) is 0.385. The lowest BCUT2D eigenvalue weighted by Gasteiger charge is -2.11. The third kappa shape index (κ3) is 4.38. The van der Waals surface area contributed by atoms with Crippen molar-refractivity contribution >= 4 is 10.8 Å². The van der Waals surface area contributed by atoms with Crippen molar-refractivity contribution < 1.29 is 22.5 Å². The van der Waals surface area contributed by atoms with Crippen molar-refractivity contribution in [3.8, 4) is 0 Å². The molecule has 0 saturated heterocycles. The molecule has 1 aromatic heterocycles. The minimum atomic E-state index is -4.37. The maximum absolute atomic E-state index is 12.4. The summed E-state index contributed by atoms with van der Waals surface area (Å²) >= 11 is 0. The first kappa shape index (κ1) is 16.6. The van der Waals surface area contributed by atoms with Gasteiger partial charge >= 0.3 is 6.18 Å². The molecule has 2 rings (SSSR count). The number of aliphatic hydroxyl groups excluding tert-OH is 1. The van der Waals surface area contributed by atoms with E-state index in [1.54, 1.807) is 0 Å². The number of hydrogen-bond acceptors (Lipinski definition) is 4. The zero-order chi connectivity index (χ0) is 16.3. The molecule has 1 N–H and O–H groups in total. The Hall–Kier alpha value is -1.74. The van der Waals surface area contributed by atoms with E-state index in [9.17, 15) is 22.5 Å². The lowest BCUT2D eigenvalue weighted by Crippen LogP contribution is -2.19. The molecule has 5 nitrogen and oxygen atoms in total. The number of rotatable bonds is 5. The van der Waals surface area contributed by atoms with Crippen molar-refractivity contribution in [3.05, 3.63) is 41.7 Å². The Morgan fingerprint density at radius 3 is 2.45 bits per heavy atom. The molecule has 0 spiro atoms. The third-order valence-corrected chi connectivity index (χ3v) is 3.62. The molecule has 120 valence electrons. The first-order valence-electron chi connectivity index (χ1n) is 6.33. The standard InChI is InChI=1S/C13H14F3N3O2S/c1-22(21)12-17-8-19(18-12)7-11(20)6-9-2-4-10(5-3-9)13(14,15)16/h2-5,8,11,20H,6-7H2,1H3/t11-,22-/m1/s1. The second kappa shape index (κ2) is 6.57. The summed E-state index contributed by atoms with van der Waals surface area (Å²) in [5.41, 5.74) is -0.142. The Morgan fingerprint density at radius 2 is 1.95 bits per heavy atom. The summed E-state index contributed by atoms with van der Waals surface area (Å²) in [6.45, 7) is 0.116. The second-order valence-corrected chi connectivity index (χ2v) is 6.03. The highest BCUT2D eigenvalue weighted by atomic mass is 32.2. The summed E-state index contributed by atoms with van der Waals surface area (Å²) < 4.78 is 49.9. The molecule has 0 aliphatic heterocycles. The molecule has 0 unspecified atom stereocenters. The molecule has 1 heterocycles. The minimum absolute atomic E-state index is 0.116. The molecule has 0 amide bonds. The number of hydrogen-bond donors (Lipinski definition) is 1. The number of benzene rings is 1. The molecule has 0 radical (unpaired) electrons. The highest BCUT2D eigenvalue weighted by molar-refractivity contribution is 7.84. The quantitative estimate of drug-likeness (QED) is 0.903. The van der Waals surface area contributed by atoms with Crippen LogP contribution in [0.4, 0.5) is 13.2 Å². The number of aromatic nitrogens is 3. The van der Waals surface area contributed by atoms with Crippen molar-refractivity contribution in [1.82, 2.24) is 14.8 Å². The summed E-state index contributed by atoms with van der Waals surface area (Å²) in [6.07, 6.45) is -2.23. The topological polar surface area (TPSA) is 68.0 Å². The van der Waals surface area contributed by atoms with Crippen LogP contribution in [0, 0.1) is 0 Å². The summed E-state index contributed by atoms with van der Waals surface area (Å²) in [4.78, 5) is 3.83. The van der Waals surface area contributed by atoms with Crippen LogP contribution in [0.3, 0.4) is 0 Å². The lowest BCUT2D eigenvalue weighted by atomic mass is 10.1. The number of nitrogens with zero attached hydrogens (tertiary/aromatic N) is 3. The zero-order valence-electron chi connectivity index (χ0n) is 11.6. The van der Waals surface area contributed by atoms with E-state index < -0.39 is 28.6 Å². The number of alkyl halides is 3. The van der Waals surface area contributed by atoms with Crippen LogP contribution in [0.5, 0.6) is 0 Å². The Kier molecular flexibility index (Phi) is 4.97. The average molecular weight is 333 g/mol. The maximum Gasteiger partial charge on any atom is 0.416 e. The second-order valence-electron chi connectivity index (χ2n) is 4.76. The van der Waals surface area contributed by atoms with E-state index in [4.69, 9.17) is 0 Å². The van der Waals surface area contributed by atoms with E-state index >= 15 is 0 Å². The van der Waals surface area contributed by atoms with Crippen molar-refractivity contribution in [1.29, 1.82) is 0 Å². The molecule has 22 heavy (non-hydrogen) atoms. The minimum Gasteiger partial charge on any atom is -0.391 e. The van der Waals surface area contributed by atoms with Crippen LogP contribution in [0.25, 0.3) is 0 Å². The zero-order valence-corrected chi connectivity index (χ0v) is 12.4. The largest absolute Gasteiger partial charge is 0.416 e. The Bertz CT molecular complexity index is 655. The van der Waals surface area contributed by atoms with Gasteiger partial charge in [-0.1, -0.05) is 12.1 Å². The first-order chi connectivity index (χ1) is 10.3. The fourth-order valence-electron chi connectivity index (χ4n) is 1.88. The van der Waals surface area contributed by atoms with Crippen LogP contribution in [0.2, 0.25) is 0 Å². The molecule has 2 atom stereocenters. The van der Waals surface area contributed by atoms with Gasteiger partial charge in [-0.2, -0.15) is 13.2 Å². The van der Waals surface area contributed by atoms with E-state index in [-0.39, 0.29) is 18.1 Å². The highest BCUT2D eigenvalue weighted by Gasteiger charge is 2.29. The fourth-order valence-corrected chi connectivity index (χ4v) is 2.30. The first-order valence-corrected chi connectivity index (χ1v) is 7.88. The van der Waals surface area contributed by atoms with Crippen molar-refractivity contribution in [2.45, 2.75) is 30.4 Å².